The summed E-state index contributed by atoms with van der Waals surface area (Å²) >= 11 is 0. The number of carbonyl (C=O) groups excluding carboxylic acids is 1. The number of nitrogens with one attached hydrogen (secondary N) is 1. The summed E-state index contributed by atoms with van der Waals surface area (Å²) in [4.78, 5) is 47.0. The molecule has 144 valence electrons. The van der Waals surface area contributed by atoms with Gasteiger partial charge in [0.25, 0.3) is 11.5 Å². The molecule has 0 bridgehead atoms. The highest BCUT2D eigenvalue weighted by atomic mass is 16.2. The largest absolute Gasteiger partial charge is 0.338 e. The van der Waals surface area contributed by atoms with Crippen molar-refractivity contribution < 1.29 is 4.79 Å². The molecule has 2 aliphatic rings. The summed E-state index contributed by atoms with van der Waals surface area (Å²) < 4.78 is 1.45. The first-order chi connectivity index (χ1) is 13.0. The number of aromatic amines is 1. The number of aromatic nitrogens is 3. The second kappa shape index (κ2) is 6.94. The smallest absolute Gasteiger partial charge is 0.329 e. The van der Waals surface area contributed by atoms with Crippen LogP contribution in [-0.4, -0.2) is 38.4 Å². The van der Waals surface area contributed by atoms with Crippen molar-refractivity contribution in [2.24, 2.45) is 5.92 Å². The summed E-state index contributed by atoms with van der Waals surface area (Å²) in [7, 11) is 0. The molecule has 0 aromatic carbocycles. The van der Waals surface area contributed by atoms with Gasteiger partial charge in [0.2, 0.25) is 0 Å². The van der Waals surface area contributed by atoms with E-state index in [1.807, 2.05) is 11.8 Å². The predicted octanol–water partition coefficient (Wildman–Crippen LogP) is 2.24. The molecule has 4 rings (SSSR count). The highest BCUT2D eigenvalue weighted by molar-refractivity contribution is 6.05. The molecule has 1 N–H and O–H groups in total. The fraction of sp³-hybridized carbons (Fsp3) is 0.600. The van der Waals surface area contributed by atoms with E-state index >= 15 is 0 Å². The Hall–Kier alpha value is -2.44. The van der Waals surface area contributed by atoms with Gasteiger partial charge in [0, 0.05) is 31.2 Å². The first kappa shape index (κ1) is 17.9. The zero-order chi connectivity index (χ0) is 19.1. The Morgan fingerprint density at radius 1 is 1.26 bits per heavy atom. The molecule has 1 atom stereocenters. The van der Waals surface area contributed by atoms with E-state index in [-0.39, 0.29) is 11.3 Å². The SMILES string of the molecule is CCC1CCCN(C(=O)c2cc(C3CC3)nc3c2c(=O)[nH]c(=O)n3CC)C1. The summed E-state index contributed by atoms with van der Waals surface area (Å²) in [6, 6.07) is 1.79. The van der Waals surface area contributed by atoms with E-state index in [2.05, 4.69) is 16.9 Å². The Kier molecular flexibility index (Phi) is 4.61. The second-order valence-corrected chi connectivity index (χ2v) is 7.74. The number of hydrogen-bond donors (Lipinski definition) is 1. The number of hydrogen-bond acceptors (Lipinski definition) is 4. The number of rotatable bonds is 4. The summed E-state index contributed by atoms with van der Waals surface area (Å²) in [5.74, 6) is 0.713. The summed E-state index contributed by atoms with van der Waals surface area (Å²) in [5, 5.41) is 0.240. The van der Waals surface area contributed by atoms with Crippen molar-refractivity contribution in [2.45, 2.75) is 58.4 Å². The topological polar surface area (TPSA) is 88.1 Å². The summed E-state index contributed by atoms with van der Waals surface area (Å²) in [5.41, 5.74) is 0.548. The zero-order valence-electron chi connectivity index (χ0n) is 16.0. The van der Waals surface area contributed by atoms with Crippen LogP contribution in [0.4, 0.5) is 0 Å². The van der Waals surface area contributed by atoms with Crippen LogP contribution in [-0.2, 0) is 6.54 Å². The molecule has 1 saturated heterocycles. The van der Waals surface area contributed by atoms with Crippen molar-refractivity contribution in [2.75, 3.05) is 13.1 Å². The van der Waals surface area contributed by atoms with Gasteiger partial charge >= 0.3 is 5.69 Å². The van der Waals surface area contributed by atoms with E-state index in [4.69, 9.17) is 0 Å². The van der Waals surface area contributed by atoms with Gasteiger partial charge in [0.1, 0.15) is 0 Å². The average Bonchev–Trinajstić information content (AvgIpc) is 3.52. The molecule has 1 saturated carbocycles. The van der Waals surface area contributed by atoms with Crippen molar-refractivity contribution >= 4 is 16.9 Å². The highest BCUT2D eigenvalue weighted by Crippen LogP contribution is 2.40. The van der Waals surface area contributed by atoms with Gasteiger partial charge in [-0.05, 0) is 44.6 Å². The monoisotopic (exact) mass is 370 g/mol. The molecule has 27 heavy (non-hydrogen) atoms. The Morgan fingerprint density at radius 2 is 2.04 bits per heavy atom. The first-order valence-electron chi connectivity index (χ1n) is 10.0. The molecule has 1 amide bonds. The number of piperidine rings is 1. The van der Waals surface area contributed by atoms with Gasteiger partial charge in [-0.15, -0.1) is 0 Å². The van der Waals surface area contributed by atoms with E-state index in [1.54, 1.807) is 6.07 Å². The van der Waals surface area contributed by atoms with Gasteiger partial charge in [-0.2, -0.15) is 0 Å². The van der Waals surface area contributed by atoms with E-state index in [1.165, 1.54) is 4.57 Å². The average molecular weight is 370 g/mol. The van der Waals surface area contributed by atoms with Crippen LogP contribution in [0.2, 0.25) is 0 Å². The molecular weight excluding hydrogens is 344 g/mol. The lowest BCUT2D eigenvalue weighted by molar-refractivity contribution is 0.0673. The molecule has 2 fully saturated rings. The molecule has 7 nitrogen and oxygen atoms in total. The standard InChI is InChI=1S/C20H26N4O3/c1-3-12-6-5-9-23(11-12)19(26)14-10-15(13-7-8-13)21-17-16(14)18(25)22-20(27)24(17)4-2/h10,12-13H,3-9,11H2,1-2H3,(H,22,25,27). The van der Waals surface area contributed by atoms with Crippen molar-refractivity contribution in [3.8, 4) is 0 Å². The number of nitrogens with zero attached hydrogens (tertiary/aromatic N) is 3. The van der Waals surface area contributed by atoms with Gasteiger partial charge < -0.3 is 4.90 Å². The van der Waals surface area contributed by atoms with E-state index < -0.39 is 11.2 Å². The fourth-order valence-electron chi connectivity index (χ4n) is 4.10. The third-order valence-electron chi connectivity index (χ3n) is 5.89. The van der Waals surface area contributed by atoms with Crippen LogP contribution in [0.3, 0.4) is 0 Å². The Morgan fingerprint density at radius 3 is 2.70 bits per heavy atom. The predicted molar refractivity (Wildman–Crippen MR) is 103 cm³/mol. The van der Waals surface area contributed by atoms with E-state index in [0.717, 1.165) is 44.3 Å². The quantitative estimate of drug-likeness (QED) is 0.894. The number of amides is 1. The number of pyridine rings is 1. The highest BCUT2D eigenvalue weighted by Gasteiger charge is 2.31. The minimum atomic E-state index is -0.526. The van der Waals surface area contributed by atoms with Gasteiger partial charge in [0.15, 0.2) is 5.65 Å². The lowest BCUT2D eigenvalue weighted by atomic mass is 9.95. The summed E-state index contributed by atoms with van der Waals surface area (Å²) in [6.45, 7) is 5.81. The lowest BCUT2D eigenvalue weighted by Gasteiger charge is -2.32. The van der Waals surface area contributed by atoms with Crippen LogP contribution in [0.25, 0.3) is 11.0 Å². The van der Waals surface area contributed by atoms with Crippen LogP contribution in [0, 0.1) is 5.92 Å². The molecule has 0 radical (unpaired) electrons. The molecule has 2 aromatic heterocycles. The Bertz CT molecular complexity index is 1000. The van der Waals surface area contributed by atoms with Gasteiger partial charge in [0.05, 0.1) is 10.9 Å². The van der Waals surface area contributed by atoms with Gasteiger partial charge in [-0.1, -0.05) is 13.3 Å². The van der Waals surface area contributed by atoms with Crippen molar-refractivity contribution in [3.63, 3.8) is 0 Å². The number of carbonyl (C=O) groups is 1. The van der Waals surface area contributed by atoms with E-state index in [9.17, 15) is 14.4 Å². The second-order valence-electron chi connectivity index (χ2n) is 7.74. The van der Waals surface area contributed by atoms with Gasteiger partial charge in [-0.3, -0.25) is 19.1 Å². The molecule has 3 heterocycles. The molecule has 1 aliphatic carbocycles. The number of H-pyrrole nitrogens is 1. The number of aryl methyl sites for hydroxylation is 1. The molecule has 7 heteroatoms. The number of likely N-dealkylation sites (tertiary alicyclic amines) is 1. The van der Waals surface area contributed by atoms with E-state index in [0.29, 0.717) is 36.1 Å². The number of fused-ring (bicyclic) bond motifs is 1. The van der Waals surface area contributed by atoms with Crippen molar-refractivity contribution in [1.82, 2.24) is 19.4 Å². The third kappa shape index (κ3) is 3.19. The third-order valence-corrected chi connectivity index (χ3v) is 5.89. The van der Waals surface area contributed by atoms with Crippen LogP contribution in [0.5, 0.6) is 0 Å². The normalized spacial score (nSPS) is 20.2. The van der Waals surface area contributed by atoms with Crippen LogP contribution in [0.15, 0.2) is 15.7 Å². The van der Waals surface area contributed by atoms with Crippen LogP contribution < -0.4 is 11.2 Å². The maximum Gasteiger partial charge on any atom is 0.329 e. The van der Waals surface area contributed by atoms with Crippen LogP contribution >= 0.6 is 0 Å². The maximum atomic E-state index is 13.4. The Labute approximate surface area is 157 Å². The zero-order valence-corrected chi connectivity index (χ0v) is 16.0. The fourth-order valence-corrected chi connectivity index (χ4v) is 4.10. The Balaban J connectivity index is 1.89. The van der Waals surface area contributed by atoms with Crippen molar-refractivity contribution in [1.29, 1.82) is 0 Å². The molecule has 1 unspecified atom stereocenters. The molecule has 1 aliphatic heterocycles. The lowest BCUT2D eigenvalue weighted by Crippen LogP contribution is -2.40. The summed E-state index contributed by atoms with van der Waals surface area (Å²) in [6.07, 6.45) is 5.24. The van der Waals surface area contributed by atoms with Gasteiger partial charge in [-0.25, -0.2) is 9.78 Å². The van der Waals surface area contributed by atoms with Crippen molar-refractivity contribution in [3.05, 3.63) is 38.2 Å². The maximum absolute atomic E-state index is 13.4. The minimum Gasteiger partial charge on any atom is -0.338 e. The molecule has 0 spiro atoms. The minimum absolute atomic E-state index is 0.116. The molecular formula is C20H26N4O3. The molecule has 2 aromatic rings. The first-order valence-corrected chi connectivity index (χ1v) is 10.0. The van der Waals surface area contributed by atoms with Crippen LogP contribution in [0.1, 0.15) is 67.9 Å².